The fourth-order valence-corrected chi connectivity index (χ4v) is 3.65. The van der Waals surface area contributed by atoms with Gasteiger partial charge in [0.05, 0.1) is 4.90 Å². The van der Waals surface area contributed by atoms with Gasteiger partial charge in [-0.15, -0.1) is 10.2 Å². The van der Waals surface area contributed by atoms with Crippen LogP contribution in [0, 0.1) is 0 Å². The molecule has 0 unspecified atom stereocenters. The molecule has 0 radical (unpaired) electrons. The highest BCUT2D eigenvalue weighted by Gasteiger charge is 2.17. The van der Waals surface area contributed by atoms with E-state index < -0.39 is 27.4 Å². The normalized spacial score (nSPS) is 12.3. The number of hydrogen-bond acceptors (Lipinski definition) is 7. The number of aromatic hydroxyl groups is 1. The number of hydrogen-bond donors (Lipinski definition) is 4. The number of phenols is 1. The van der Waals surface area contributed by atoms with Gasteiger partial charge in [0, 0.05) is 11.4 Å². The van der Waals surface area contributed by atoms with Gasteiger partial charge in [0.15, 0.2) is 5.70 Å². The van der Waals surface area contributed by atoms with Crippen LogP contribution in [-0.4, -0.2) is 24.5 Å². The van der Waals surface area contributed by atoms with E-state index in [0.29, 0.717) is 11.4 Å². The molecule has 0 fully saturated rings. The van der Waals surface area contributed by atoms with Crippen LogP contribution in [0.3, 0.4) is 0 Å². The Morgan fingerprint density at radius 3 is 2.09 bits per heavy atom. The number of sulfonamides is 1. The predicted molar refractivity (Wildman–Crippen MR) is 120 cm³/mol. The smallest absolute Gasteiger partial charge is 0.279 e. The number of nitrogens with one attached hydrogen (secondary N) is 2. The number of carbonyl (C=O) groups excluding carboxylic acids is 1. The van der Waals surface area contributed by atoms with Gasteiger partial charge in [0.1, 0.15) is 17.2 Å². The van der Waals surface area contributed by atoms with Crippen LogP contribution < -0.4 is 10.0 Å². The third kappa shape index (κ3) is 5.70. The predicted octanol–water partition coefficient (Wildman–Crippen LogP) is 4.70. The second-order valence-corrected chi connectivity index (χ2v) is 8.26. The highest BCUT2D eigenvalue weighted by Crippen LogP contribution is 2.31. The largest absolute Gasteiger partial charge is 0.510 e. The van der Waals surface area contributed by atoms with Crippen molar-refractivity contribution in [1.82, 2.24) is 0 Å². The molecule has 0 heterocycles. The molecule has 0 aliphatic heterocycles. The molecule has 1 amide bonds. The van der Waals surface area contributed by atoms with Gasteiger partial charge in [-0.25, -0.2) is 8.42 Å². The lowest BCUT2D eigenvalue weighted by Gasteiger charge is -2.09. The van der Waals surface area contributed by atoms with Crippen LogP contribution in [0.25, 0.3) is 0 Å². The van der Waals surface area contributed by atoms with Gasteiger partial charge < -0.3 is 15.5 Å². The molecule has 3 aromatic rings. The number of para-hydroxylation sites is 2. The Kier molecular flexibility index (Phi) is 6.86. The summed E-state index contributed by atoms with van der Waals surface area (Å²) >= 11 is 0. The van der Waals surface area contributed by atoms with Crippen molar-refractivity contribution in [1.29, 1.82) is 0 Å². The first kappa shape index (κ1) is 22.5. The average molecular weight is 452 g/mol. The molecule has 164 valence electrons. The zero-order valence-electron chi connectivity index (χ0n) is 16.9. The number of aliphatic hydroxyl groups excluding tert-OH is 1. The minimum atomic E-state index is -3.97. The summed E-state index contributed by atoms with van der Waals surface area (Å²) in [5.41, 5.74) is 0.243. The summed E-state index contributed by atoms with van der Waals surface area (Å²) in [6, 6.07) is 20.3. The number of carbonyl (C=O) groups is 1. The van der Waals surface area contributed by atoms with Gasteiger partial charge in [-0.2, -0.15) is 0 Å². The van der Waals surface area contributed by atoms with Crippen molar-refractivity contribution in [2.75, 3.05) is 10.0 Å². The summed E-state index contributed by atoms with van der Waals surface area (Å²) in [6.45, 7) is 1.25. The second-order valence-electron chi connectivity index (χ2n) is 6.58. The molecule has 9 nitrogen and oxygen atoms in total. The molecule has 3 rings (SSSR count). The fourth-order valence-electron chi connectivity index (χ4n) is 2.57. The summed E-state index contributed by atoms with van der Waals surface area (Å²) < 4.78 is 27.7. The molecular formula is C22H20N4O5S. The molecule has 32 heavy (non-hydrogen) atoms. The van der Waals surface area contributed by atoms with E-state index in [1.807, 2.05) is 0 Å². The summed E-state index contributed by atoms with van der Waals surface area (Å²) in [5.74, 6) is -1.49. The Hall–Kier alpha value is -4.18. The zero-order valence-corrected chi connectivity index (χ0v) is 17.7. The number of benzene rings is 3. The molecule has 3 aromatic carbocycles. The topological polar surface area (TPSA) is 140 Å². The molecule has 10 heteroatoms. The Bertz CT molecular complexity index is 1270. The van der Waals surface area contributed by atoms with Crippen LogP contribution in [0.4, 0.5) is 17.1 Å². The first-order valence-electron chi connectivity index (χ1n) is 9.35. The Morgan fingerprint density at radius 1 is 0.906 bits per heavy atom. The van der Waals surface area contributed by atoms with Crippen molar-refractivity contribution in [2.45, 2.75) is 11.8 Å². The molecule has 0 aliphatic carbocycles. The molecule has 0 saturated heterocycles. The monoisotopic (exact) mass is 452 g/mol. The van der Waals surface area contributed by atoms with Crippen LogP contribution in [0.1, 0.15) is 6.92 Å². The van der Waals surface area contributed by atoms with Gasteiger partial charge in [-0.1, -0.05) is 36.4 Å². The molecule has 0 bridgehead atoms. The average Bonchev–Trinajstić information content (AvgIpc) is 2.76. The van der Waals surface area contributed by atoms with E-state index in [0.717, 1.165) is 12.1 Å². The lowest BCUT2D eigenvalue weighted by atomic mass is 10.3. The van der Waals surface area contributed by atoms with Crippen molar-refractivity contribution in [3.63, 3.8) is 0 Å². The zero-order chi connectivity index (χ0) is 23.1. The number of phenolic OH excluding ortho intramolecular Hbond substituents is 1. The lowest BCUT2D eigenvalue weighted by molar-refractivity contribution is -0.113. The van der Waals surface area contributed by atoms with E-state index >= 15 is 0 Å². The summed E-state index contributed by atoms with van der Waals surface area (Å²) in [5, 5.41) is 30.0. The number of allylic oxidation sites excluding steroid dienone is 1. The standard InChI is InChI=1S/C22H20N4O5S/c1-15(27)21(22(29)23-16-8-4-2-5-9-16)25-24-19-14-18(12-13-20(19)28)32(30,31)26-17-10-6-3-7-11-17/h2-14,26-28H,1H3,(H,23,29)/b21-15-,25-24?. The van der Waals surface area contributed by atoms with E-state index in [4.69, 9.17) is 0 Å². The maximum Gasteiger partial charge on any atom is 0.279 e. The number of azo groups is 1. The van der Waals surface area contributed by atoms with Gasteiger partial charge in [-0.3, -0.25) is 9.52 Å². The van der Waals surface area contributed by atoms with Crippen molar-refractivity contribution in [3.05, 3.63) is 90.3 Å². The Labute approximate surface area is 184 Å². The number of anilines is 2. The third-order valence-electron chi connectivity index (χ3n) is 4.13. The molecular weight excluding hydrogens is 432 g/mol. The lowest BCUT2D eigenvalue weighted by Crippen LogP contribution is -2.14. The molecule has 0 spiro atoms. The maximum atomic E-state index is 12.6. The van der Waals surface area contributed by atoms with Crippen molar-refractivity contribution >= 4 is 33.0 Å². The fraction of sp³-hybridized carbons (Fsp3) is 0.0455. The molecule has 0 saturated carbocycles. The minimum Gasteiger partial charge on any atom is -0.510 e. The minimum absolute atomic E-state index is 0.173. The van der Waals surface area contributed by atoms with E-state index in [1.165, 1.54) is 13.0 Å². The summed E-state index contributed by atoms with van der Waals surface area (Å²) in [7, 11) is -3.97. The third-order valence-corrected chi connectivity index (χ3v) is 5.51. The molecule has 0 atom stereocenters. The molecule has 0 aliphatic rings. The number of aliphatic hydroxyl groups is 1. The summed E-state index contributed by atoms with van der Waals surface area (Å²) in [4.78, 5) is 12.3. The van der Waals surface area contributed by atoms with Crippen LogP contribution >= 0.6 is 0 Å². The van der Waals surface area contributed by atoms with Gasteiger partial charge in [-0.05, 0) is 49.4 Å². The van der Waals surface area contributed by atoms with Crippen molar-refractivity contribution < 1.29 is 23.4 Å². The van der Waals surface area contributed by atoms with E-state index in [2.05, 4.69) is 20.3 Å². The molecule has 4 N–H and O–H groups in total. The summed E-state index contributed by atoms with van der Waals surface area (Å²) in [6.07, 6.45) is 0. The van der Waals surface area contributed by atoms with E-state index in [1.54, 1.807) is 60.7 Å². The number of amides is 1. The first-order chi connectivity index (χ1) is 15.3. The highest BCUT2D eigenvalue weighted by atomic mass is 32.2. The van der Waals surface area contributed by atoms with Crippen LogP contribution in [0.2, 0.25) is 0 Å². The van der Waals surface area contributed by atoms with Crippen LogP contribution in [-0.2, 0) is 14.8 Å². The van der Waals surface area contributed by atoms with Crippen LogP contribution in [0.15, 0.2) is 105 Å². The Balaban J connectivity index is 1.85. The van der Waals surface area contributed by atoms with Crippen molar-refractivity contribution in [3.8, 4) is 5.75 Å². The SMILES string of the molecule is C/C(O)=C(/N=Nc1cc(S(=O)(=O)Nc2ccccc2)ccc1O)C(=O)Nc1ccccc1. The first-order valence-corrected chi connectivity index (χ1v) is 10.8. The van der Waals surface area contributed by atoms with Crippen molar-refractivity contribution in [2.24, 2.45) is 10.2 Å². The second kappa shape index (κ2) is 9.75. The van der Waals surface area contributed by atoms with Gasteiger partial charge >= 0.3 is 0 Å². The Morgan fingerprint density at radius 2 is 1.50 bits per heavy atom. The highest BCUT2D eigenvalue weighted by molar-refractivity contribution is 7.92. The molecule has 0 aromatic heterocycles. The maximum absolute atomic E-state index is 12.6. The number of rotatable bonds is 7. The van der Waals surface area contributed by atoms with Gasteiger partial charge in [0.25, 0.3) is 15.9 Å². The van der Waals surface area contributed by atoms with Gasteiger partial charge in [0.2, 0.25) is 0 Å². The van der Waals surface area contributed by atoms with E-state index in [9.17, 15) is 23.4 Å². The van der Waals surface area contributed by atoms with E-state index in [-0.39, 0.29) is 16.3 Å². The van der Waals surface area contributed by atoms with Crippen LogP contribution in [0.5, 0.6) is 5.75 Å². The number of nitrogens with zero attached hydrogens (tertiary/aromatic N) is 2. The quantitative estimate of drug-likeness (QED) is 0.233.